The molecule has 4 rings (SSSR count). The van der Waals surface area contributed by atoms with Crippen molar-refractivity contribution in [3.05, 3.63) is 0 Å². The Balaban J connectivity index is 1.64. The minimum Gasteiger partial charge on any atom is -0.396 e. The molecule has 2 unspecified atom stereocenters. The number of hydrogen-bond donors (Lipinski definition) is 2. The SMILES string of the molecule is CC(CO)C(C)NC1C2CC3CC(C2)CC1C3. The van der Waals surface area contributed by atoms with Gasteiger partial charge < -0.3 is 10.4 Å². The number of aliphatic hydroxyl groups is 1. The van der Waals surface area contributed by atoms with Gasteiger partial charge >= 0.3 is 0 Å². The molecule has 98 valence electrons. The van der Waals surface area contributed by atoms with E-state index >= 15 is 0 Å². The van der Waals surface area contributed by atoms with Crippen molar-refractivity contribution in [1.82, 2.24) is 5.32 Å². The monoisotopic (exact) mass is 237 g/mol. The van der Waals surface area contributed by atoms with Crippen molar-refractivity contribution in [2.45, 2.75) is 58.0 Å². The zero-order valence-electron chi connectivity index (χ0n) is 11.2. The molecule has 0 aromatic carbocycles. The molecule has 0 aromatic rings. The molecule has 2 nitrogen and oxygen atoms in total. The molecule has 0 aliphatic heterocycles. The average molecular weight is 237 g/mol. The van der Waals surface area contributed by atoms with Crippen LogP contribution in [0.1, 0.15) is 46.0 Å². The predicted octanol–water partition coefficient (Wildman–Crippen LogP) is 2.42. The highest BCUT2D eigenvalue weighted by Crippen LogP contribution is 2.53. The van der Waals surface area contributed by atoms with Gasteiger partial charge in [0.15, 0.2) is 0 Å². The Labute approximate surface area is 105 Å². The smallest absolute Gasteiger partial charge is 0.0471 e. The van der Waals surface area contributed by atoms with Crippen LogP contribution in [0.4, 0.5) is 0 Å². The van der Waals surface area contributed by atoms with Gasteiger partial charge in [-0.2, -0.15) is 0 Å². The molecular weight excluding hydrogens is 210 g/mol. The zero-order chi connectivity index (χ0) is 12.0. The van der Waals surface area contributed by atoms with Crippen molar-refractivity contribution in [2.75, 3.05) is 6.61 Å². The molecule has 4 saturated carbocycles. The van der Waals surface area contributed by atoms with Crippen LogP contribution in [0.15, 0.2) is 0 Å². The van der Waals surface area contributed by atoms with E-state index in [1.165, 1.54) is 32.1 Å². The van der Waals surface area contributed by atoms with Gasteiger partial charge in [0.1, 0.15) is 0 Å². The van der Waals surface area contributed by atoms with Crippen molar-refractivity contribution in [1.29, 1.82) is 0 Å². The van der Waals surface area contributed by atoms with E-state index in [0.29, 0.717) is 18.6 Å². The second-order valence-corrected chi connectivity index (χ2v) is 7.07. The van der Waals surface area contributed by atoms with E-state index in [9.17, 15) is 5.11 Å². The van der Waals surface area contributed by atoms with Gasteiger partial charge in [0.25, 0.3) is 0 Å². The van der Waals surface area contributed by atoms with Crippen molar-refractivity contribution in [2.24, 2.45) is 29.6 Å². The molecule has 2 heteroatoms. The van der Waals surface area contributed by atoms with Gasteiger partial charge in [0.2, 0.25) is 0 Å². The average Bonchev–Trinajstić information content (AvgIpc) is 2.31. The molecule has 4 fully saturated rings. The van der Waals surface area contributed by atoms with Gasteiger partial charge in [-0.15, -0.1) is 0 Å². The first-order valence-electron chi connectivity index (χ1n) is 7.54. The first kappa shape index (κ1) is 12.0. The largest absolute Gasteiger partial charge is 0.396 e. The highest BCUT2D eigenvalue weighted by atomic mass is 16.3. The first-order valence-corrected chi connectivity index (χ1v) is 7.54. The van der Waals surface area contributed by atoms with Gasteiger partial charge in [0, 0.05) is 18.7 Å². The van der Waals surface area contributed by atoms with E-state index in [2.05, 4.69) is 19.2 Å². The summed E-state index contributed by atoms with van der Waals surface area (Å²) < 4.78 is 0. The van der Waals surface area contributed by atoms with Gasteiger partial charge in [-0.25, -0.2) is 0 Å². The molecular formula is C15H27NO. The third-order valence-corrected chi connectivity index (χ3v) is 5.82. The summed E-state index contributed by atoms with van der Waals surface area (Å²) in [6.07, 6.45) is 7.44. The van der Waals surface area contributed by atoms with Crippen molar-refractivity contribution in [3.8, 4) is 0 Å². The lowest BCUT2D eigenvalue weighted by molar-refractivity contribution is -0.0202. The molecule has 0 saturated heterocycles. The van der Waals surface area contributed by atoms with E-state index in [4.69, 9.17) is 0 Å². The van der Waals surface area contributed by atoms with E-state index < -0.39 is 0 Å². The maximum Gasteiger partial charge on any atom is 0.0471 e. The number of hydrogen-bond acceptors (Lipinski definition) is 2. The Hall–Kier alpha value is -0.0800. The molecule has 4 bridgehead atoms. The molecule has 0 amide bonds. The summed E-state index contributed by atoms with van der Waals surface area (Å²) in [4.78, 5) is 0. The summed E-state index contributed by atoms with van der Waals surface area (Å²) in [6.45, 7) is 4.70. The Morgan fingerprint density at radius 3 is 2.00 bits per heavy atom. The fourth-order valence-electron chi connectivity index (χ4n) is 4.82. The van der Waals surface area contributed by atoms with Gasteiger partial charge in [-0.3, -0.25) is 0 Å². The first-order chi connectivity index (χ1) is 8.17. The molecule has 4 aliphatic carbocycles. The van der Waals surface area contributed by atoms with E-state index in [-0.39, 0.29) is 0 Å². The summed E-state index contributed by atoms with van der Waals surface area (Å²) in [5.41, 5.74) is 0. The van der Waals surface area contributed by atoms with Crippen LogP contribution in [0.2, 0.25) is 0 Å². The number of nitrogens with one attached hydrogen (secondary N) is 1. The van der Waals surface area contributed by atoms with Crippen LogP contribution >= 0.6 is 0 Å². The number of rotatable bonds is 4. The van der Waals surface area contributed by atoms with Gasteiger partial charge in [0.05, 0.1) is 0 Å². The quantitative estimate of drug-likeness (QED) is 0.787. The Kier molecular flexibility index (Phi) is 3.20. The third kappa shape index (κ3) is 2.15. The van der Waals surface area contributed by atoms with Crippen LogP contribution in [0.25, 0.3) is 0 Å². The fraction of sp³-hybridized carbons (Fsp3) is 1.00. The van der Waals surface area contributed by atoms with Crippen molar-refractivity contribution < 1.29 is 5.11 Å². The topological polar surface area (TPSA) is 32.3 Å². The molecule has 17 heavy (non-hydrogen) atoms. The fourth-order valence-corrected chi connectivity index (χ4v) is 4.82. The minimum atomic E-state index is 0.307. The second-order valence-electron chi connectivity index (χ2n) is 7.07. The lowest BCUT2D eigenvalue weighted by Gasteiger charge is -2.55. The minimum absolute atomic E-state index is 0.307. The lowest BCUT2D eigenvalue weighted by Crippen LogP contribution is -2.57. The van der Waals surface area contributed by atoms with Crippen LogP contribution in [0, 0.1) is 29.6 Å². The summed E-state index contributed by atoms with van der Waals surface area (Å²) in [5, 5.41) is 13.1. The van der Waals surface area contributed by atoms with Crippen LogP contribution in [-0.4, -0.2) is 23.8 Å². The molecule has 0 spiro atoms. The Bertz CT molecular complexity index is 250. The van der Waals surface area contributed by atoms with Crippen molar-refractivity contribution in [3.63, 3.8) is 0 Å². The van der Waals surface area contributed by atoms with Crippen LogP contribution in [0.5, 0.6) is 0 Å². The maximum absolute atomic E-state index is 9.25. The van der Waals surface area contributed by atoms with Crippen molar-refractivity contribution >= 4 is 0 Å². The standard InChI is InChI=1S/C15H27NO/c1-9(8-17)10(2)16-15-13-4-11-3-12(6-13)7-14(15)5-11/h9-17H,3-8H2,1-2H3. The molecule has 0 aromatic heterocycles. The van der Waals surface area contributed by atoms with Gasteiger partial charge in [-0.05, 0) is 68.6 Å². The van der Waals surface area contributed by atoms with E-state index in [1.54, 1.807) is 0 Å². The van der Waals surface area contributed by atoms with Crippen LogP contribution in [0.3, 0.4) is 0 Å². The zero-order valence-corrected chi connectivity index (χ0v) is 11.2. The molecule has 2 atom stereocenters. The Morgan fingerprint density at radius 1 is 1.00 bits per heavy atom. The van der Waals surface area contributed by atoms with Crippen LogP contribution < -0.4 is 5.32 Å². The summed E-state index contributed by atoms with van der Waals surface area (Å²) in [7, 11) is 0. The van der Waals surface area contributed by atoms with Crippen LogP contribution in [-0.2, 0) is 0 Å². The molecule has 0 radical (unpaired) electrons. The lowest BCUT2D eigenvalue weighted by atomic mass is 9.54. The highest BCUT2D eigenvalue weighted by Gasteiger charge is 2.48. The molecule has 4 aliphatic rings. The normalized spacial score (nSPS) is 47.1. The second kappa shape index (κ2) is 4.55. The highest BCUT2D eigenvalue weighted by molar-refractivity contribution is 5.02. The van der Waals surface area contributed by atoms with E-state index in [1.807, 2.05) is 0 Å². The summed E-state index contributed by atoms with van der Waals surface area (Å²) in [6, 6.07) is 1.22. The van der Waals surface area contributed by atoms with E-state index in [0.717, 1.165) is 29.7 Å². The summed E-state index contributed by atoms with van der Waals surface area (Å²) in [5.74, 6) is 4.38. The third-order valence-electron chi connectivity index (χ3n) is 5.82. The Morgan fingerprint density at radius 2 is 1.53 bits per heavy atom. The van der Waals surface area contributed by atoms with Gasteiger partial charge in [-0.1, -0.05) is 6.92 Å². The molecule has 2 N–H and O–H groups in total. The summed E-state index contributed by atoms with van der Waals surface area (Å²) >= 11 is 0. The predicted molar refractivity (Wildman–Crippen MR) is 69.7 cm³/mol. The number of aliphatic hydroxyl groups excluding tert-OH is 1. The maximum atomic E-state index is 9.25. The molecule has 0 heterocycles.